The number of hydrogen-bond acceptors (Lipinski definition) is 3. The minimum atomic E-state index is -1.08. The summed E-state index contributed by atoms with van der Waals surface area (Å²) in [5.41, 5.74) is 1.97. The molecule has 28 heavy (non-hydrogen) atoms. The first-order chi connectivity index (χ1) is 13.3. The third-order valence-electron chi connectivity index (χ3n) is 4.67. The van der Waals surface area contributed by atoms with Crippen molar-refractivity contribution in [3.8, 4) is 0 Å². The Morgan fingerprint density at radius 3 is 2.54 bits per heavy atom. The lowest BCUT2D eigenvalue weighted by Gasteiger charge is -2.33. The molecule has 1 aliphatic rings. The maximum absolute atomic E-state index is 13.3. The third-order valence-corrected chi connectivity index (χ3v) is 4.67. The summed E-state index contributed by atoms with van der Waals surface area (Å²) in [6, 6.07) is 10.7. The van der Waals surface area contributed by atoms with Crippen LogP contribution in [0.4, 0.5) is 14.5 Å². The highest BCUT2D eigenvalue weighted by molar-refractivity contribution is 5.95. The van der Waals surface area contributed by atoms with Crippen LogP contribution in [0.5, 0.6) is 0 Å². The third kappa shape index (κ3) is 4.54. The Morgan fingerprint density at radius 2 is 1.89 bits per heavy atom. The van der Waals surface area contributed by atoms with Gasteiger partial charge in [-0.2, -0.15) is 0 Å². The standard InChI is InChI=1S/C21H22F2N2O3/c1-13(2)14-3-6-16(7-4-14)25-11-17(28-12-20(25)26)10-24-21(27)15-5-8-18(22)19(23)9-15/h3-9,13,17H,10-12H2,1-2H3,(H,24,27). The van der Waals surface area contributed by atoms with Crippen molar-refractivity contribution in [1.29, 1.82) is 0 Å². The smallest absolute Gasteiger partial charge is 0.253 e. The van der Waals surface area contributed by atoms with Crippen molar-refractivity contribution >= 4 is 17.5 Å². The highest BCUT2D eigenvalue weighted by atomic mass is 19.2. The molecule has 148 valence electrons. The van der Waals surface area contributed by atoms with Gasteiger partial charge >= 0.3 is 0 Å². The first-order valence-corrected chi connectivity index (χ1v) is 9.10. The quantitative estimate of drug-likeness (QED) is 0.856. The molecule has 0 bridgehead atoms. The molecule has 5 nitrogen and oxygen atoms in total. The molecule has 0 aliphatic carbocycles. The molecule has 2 aromatic rings. The van der Waals surface area contributed by atoms with Crippen LogP contribution >= 0.6 is 0 Å². The van der Waals surface area contributed by atoms with Crippen molar-refractivity contribution in [2.45, 2.75) is 25.9 Å². The lowest BCUT2D eigenvalue weighted by molar-refractivity contribution is -0.129. The predicted molar refractivity (Wildman–Crippen MR) is 101 cm³/mol. The fourth-order valence-corrected chi connectivity index (χ4v) is 2.98. The minimum Gasteiger partial charge on any atom is -0.365 e. The molecule has 1 aliphatic heterocycles. The molecule has 2 amide bonds. The average molecular weight is 388 g/mol. The van der Waals surface area contributed by atoms with Crippen LogP contribution in [0.1, 0.15) is 35.7 Å². The molecule has 0 saturated carbocycles. The fraction of sp³-hybridized carbons (Fsp3) is 0.333. The lowest BCUT2D eigenvalue weighted by atomic mass is 10.0. The molecule has 1 unspecified atom stereocenters. The van der Waals surface area contributed by atoms with Crippen LogP contribution in [0.3, 0.4) is 0 Å². The van der Waals surface area contributed by atoms with Crippen molar-refractivity contribution in [2.24, 2.45) is 0 Å². The van der Waals surface area contributed by atoms with Gasteiger partial charge in [0.1, 0.15) is 6.61 Å². The Kier molecular flexibility index (Phi) is 6.04. The molecule has 1 saturated heterocycles. The van der Waals surface area contributed by atoms with Crippen LogP contribution in [0.2, 0.25) is 0 Å². The second-order valence-corrected chi connectivity index (χ2v) is 7.02. The minimum absolute atomic E-state index is 0.0203. The molecular formula is C21H22F2N2O3. The van der Waals surface area contributed by atoms with Crippen molar-refractivity contribution in [1.82, 2.24) is 5.32 Å². The summed E-state index contributed by atoms with van der Waals surface area (Å²) in [5, 5.41) is 2.64. The number of amides is 2. The van der Waals surface area contributed by atoms with Crippen LogP contribution in [0.25, 0.3) is 0 Å². The summed E-state index contributed by atoms with van der Waals surface area (Å²) in [4.78, 5) is 26.0. The Labute approximate surface area is 162 Å². The van der Waals surface area contributed by atoms with Gasteiger partial charge < -0.3 is 15.0 Å². The van der Waals surface area contributed by atoms with E-state index in [0.717, 1.165) is 17.8 Å². The highest BCUT2D eigenvalue weighted by Gasteiger charge is 2.28. The van der Waals surface area contributed by atoms with Crippen molar-refractivity contribution in [3.05, 3.63) is 65.2 Å². The van der Waals surface area contributed by atoms with Gasteiger partial charge in [0.2, 0.25) is 0 Å². The van der Waals surface area contributed by atoms with E-state index in [2.05, 4.69) is 19.2 Å². The van der Waals surface area contributed by atoms with E-state index in [1.807, 2.05) is 24.3 Å². The molecule has 1 fully saturated rings. The van der Waals surface area contributed by atoms with E-state index in [1.54, 1.807) is 4.90 Å². The topological polar surface area (TPSA) is 58.6 Å². The van der Waals surface area contributed by atoms with Gasteiger partial charge in [-0.05, 0) is 41.8 Å². The fourth-order valence-electron chi connectivity index (χ4n) is 2.98. The Balaban J connectivity index is 1.61. The maximum atomic E-state index is 13.3. The van der Waals surface area contributed by atoms with Gasteiger partial charge in [-0.3, -0.25) is 9.59 Å². The van der Waals surface area contributed by atoms with Crippen LogP contribution < -0.4 is 10.2 Å². The van der Waals surface area contributed by atoms with Crippen LogP contribution in [-0.2, 0) is 9.53 Å². The average Bonchev–Trinajstić information content (AvgIpc) is 2.69. The largest absolute Gasteiger partial charge is 0.365 e. The summed E-state index contributed by atoms with van der Waals surface area (Å²) in [6.45, 7) is 4.54. The lowest BCUT2D eigenvalue weighted by Crippen LogP contribution is -2.50. The zero-order valence-electron chi connectivity index (χ0n) is 15.7. The van der Waals surface area contributed by atoms with E-state index in [9.17, 15) is 18.4 Å². The summed E-state index contributed by atoms with van der Waals surface area (Å²) in [7, 11) is 0. The number of benzene rings is 2. The van der Waals surface area contributed by atoms with Gasteiger partial charge in [-0.25, -0.2) is 8.78 Å². The number of nitrogens with one attached hydrogen (secondary N) is 1. The number of ether oxygens (including phenoxy) is 1. The van der Waals surface area contributed by atoms with Crippen molar-refractivity contribution in [3.63, 3.8) is 0 Å². The van der Waals surface area contributed by atoms with Gasteiger partial charge in [-0.1, -0.05) is 26.0 Å². The number of hydrogen-bond donors (Lipinski definition) is 1. The number of rotatable bonds is 5. The zero-order valence-corrected chi connectivity index (χ0v) is 15.7. The molecular weight excluding hydrogens is 366 g/mol. The summed E-state index contributed by atoms with van der Waals surface area (Å²) >= 11 is 0. The molecule has 3 rings (SSSR count). The second kappa shape index (κ2) is 8.48. The first-order valence-electron chi connectivity index (χ1n) is 9.10. The summed E-state index contributed by atoms with van der Waals surface area (Å²) in [5.74, 6) is -2.38. The molecule has 0 aromatic heterocycles. The van der Waals surface area contributed by atoms with E-state index in [-0.39, 0.29) is 31.2 Å². The van der Waals surface area contributed by atoms with Gasteiger partial charge in [0.05, 0.1) is 12.6 Å². The molecule has 2 aromatic carbocycles. The van der Waals surface area contributed by atoms with Crippen molar-refractivity contribution < 1.29 is 23.1 Å². The van der Waals surface area contributed by atoms with E-state index >= 15 is 0 Å². The van der Waals surface area contributed by atoms with E-state index < -0.39 is 23.6 Å². The first kappa shape index (κ1) is 19.9. The molecule has 1 heterocycles. The summed E-state index contributed by atoms with van der Waals surface area (Å²) in [6.07, 6.45) is -0.406. The Bertz CT molecular complexity index is 868. The van der Waals surface area contributed by atoms with Gasteiger partial charge in [-0.15, -0.1) is 0 Å². The van der Waals surface area contributed by atoms with Gasteiger partial charge in [0, 0.05) is 17.8 Å². The summed E-state index contributed by atoms with van der Waals surface area (Å²) < 4.78 is 31.7. The highest BCUT2D eigenvalue weighted by Crippen LogP contribution is 2.22. The number of carbonyl (C=O) groups excluding carboxylic acids is 2. The molecule has 1 N–H and O–H groups in total. The molecule has 1 atom stereocenters. The monoisotopic (exact) mass is 388 g/mol. The number of halogens is 2. The Hall–Kier alpha value is -2.80. The molecule has 0 spiro atoms. The van der Waals surface area contributed by atoms with E-state index in [0.29, 0.717) is 5.92 Å². The van der Waals surface area contributed by atoms with Crippen LogP contribution in [0, 0.1) is 11.6 Å². The number of anilines is 1. The van der Waals surface area contributed by atoms with Crippen molar-refractivity contribution in [2.75, 3.05) is 24.6 Å². The SMILES string of the molecule is CC(C)c1ccc(N2CC(CNC(=O)c3ccc(F)c(F)c3)OCC2=O)cc1. The van der Waals surface area contributed by atoms with Crippen LogP contribution in [-0.4, -0.2) is 37.6 Å². The number of carbonyl (C=O) groups is 2. The van der Waals surface area contributed by atoms with Gasteiger partial charge in [0.25, 0.3) is 11.8 Å². The normalized spacial score (nSPS) is 17.1. The number of morpholine rings is 1. The number of nitrogens with zero attached hydrogens (tertiary/aromatic N) is 1. The van der Waals surface area contributed by atoms with Gasteiger partial charge in [0.15, 0.2) is 11.6 Å². The van der Waals surface area contributed by atoms with Crippen LogP contribution in [0.15, 0.2) is 42.5 Å². The predicted octanol–water partition coefficient (Wildman–Crippen LogP) is 3.25. The molecule has 7 heteroatoms. The zero-order chi connectivity index (χ0) is 20.3. The van der Waals surface area contributed by atoms with E-state index in [1.165, 1.54) is 11.6 Å². The second-order valence-electron chi connectivity index (χ2n) is 7.02. The Morgan fingerprint density at radius 1 is 1.18 bits per heavy atom. The van der Waals surface area contributed by atoms with E-state index in [4.69, 9.17) is 4.74 Å². The maximum Gasteiger partial charge on any atom is 0.253 e. The molecule has 0 radical (unpaired) electrons.